The first kappa shape index (κ1) is 18.1. The molecule has 0 saturated carbocycles. The van der Waals surface area contributed by atoms with E-state index in [1.54, 1.807) is 13.2 Å². The maximum absolute atomic E-state index is 13.2. The van der Waals surface area contributed by atoms with E-state index in [9.17, 15) is 4.79 Å². The lowest BCUT2D eigenvalue weighted by atomic mass is 9.92. The number of carbonyl (C=O) groups is 1. The maximum Gasteiger partial charge on any atom is 0.341 e. The van der Waals surface area contributed by atoms with Gasteiger partial charge in [0.15, 0.2) is 0 Å². The number of rotatable bonds is 4. The second-order valence-electron chi connectivity index (χ2n) is 6.96. The Morgan fingerprint density at radius 3 is 2.50 bits per heavy atom. The van der Waals surface area contributed by atoms with Crippen molar-refractivity contribution in [3.8, 4) is 22.6 Å². The highest BCUT2D eigenvalue weighted by atomic mass is 16.5. The molecule has 30 heavy (non-hydrogen) atoms. The summed E-state index contributed by atoms with van der Waals surface area (Å²) in [6, 6.07) is 25.5. The predicted molar refractivity (Wildman–Crippen MR) is 118 cm³/mol. The van der Waals surface area contributed by atoms with Gasteiger partial charge in [-0.15, -0.1) is 0 Å². The number of carbonyl (C=O) groups excluding carboxylic acids is 1. The van der Waals surface area contributed by atoms with Gasteiger partial charge in [-0.25, -0.2) is 9.78 Å². The molecule has 4 heteroatoms. The summed E-state index contributed by atoms with van der Waals surface area (Å²) >= 11 is 0. The van der Waals surface area contributed by atoms with Crippen LogP contribution >= 0.6 is 0 Å². The Balaban J connectivity index is 2.00. The van der Waals surface area contributed by atoms with Crippen molar-refractivity contribution in [1.82, 2.24) is 4.98 Å². The van der Waals surface area contributed by atoms with Crippen molar-refractivity contribution in [3.05, 3.63) is 90.7 Å². The van der Waals surface area contributed by atoms with Crippen LogP contribution < -0.4 is 0 Å². The molecule has 0 aliphatic rings. The van der Waals surface area contributed by atoms with Crippen molar-refractivity contribution in [2.24, 2.45) is 0 Å². The van der Waals surface area contributed by atoms with Gasteiger partial charge < -0.3 is 9.15 Å². The minimum Gasteiger partial charge on any atom is -0.464 e. The first-order chi connectivity index (χ1) is 14.8. The zero-order valence-corrected chi connectivity index (χ0v) is 16.5. The highest BCUT2D eigenvalue weighted by Crippen LogP contribution is 2.40. The van der Waals surface area contributed by atoms with E-state index in [1.807, 2.05) is 66.7 Å². The smallest absolute Gasteiger partial charge is 0.341 e. The molecule has 0 amide bonds. The normalized spacial score (nSPS) is 11.1. The molecule has 4 nitrogen and oxygen atoms in total. The number of pyridine rings is 1. The molecule has 0 atom stereocenters. The Morgan fingerprint density at radius 1 is 0.933 bits per heavy atom. The van der Waals surface area contributed by atoms with Gasteiger partial charge in [-0.05, 0) is 35.9 Å². The topological polar surface area (TPSA) is 52.3 Å². The monoisotopic (exact) mass is 393 g/mol. The molecule has 0 N–H and O–H groups in total. The molecule has 5 aromatic rings. The lowest BCUT2D eigenvalue weighted by Gasteiger charge is -2.17. The Labute approximate surface area is 173 Å². The summed E-state index contributed by atoms with van der Waals surface area (Å²) in [5, 5.41) is 2.96. The minimum atomic E-state index is -0.412. The molecule has 2 heterocycles. The van der Waals surface area contributed by atoms with Gasteiger partial charge in [-0.1, -0.05) is 60.7 Å². The van der Waals surface area contributed by atoms with Crippen LogP contribution in [0.25, 0.3) is 44.3 Å². The average Bonchev–Trinajstić information content (AvgIpc) is 3.33. The summed E-state index contributed by atoms with van der Waals surface area (Å²) in [5.41, 5.74) is 3.36. The quantitative estimate of drug-likeness (QED) is 0.259. The van der Waals surface area contributed by atoms with Gasteiger partial charge in [0, 0.05) is 16.5 Å². The number of esters is 1. The van der Waals surface area contributed by atoms with Gasteiger partial charge in [0.2, 0.25) is 0 Å². The summed E-state index contributed by atoms with van der Waals surface area (Å²) in [4.78, 5) is 18.2. The number of hydrogen-bond donors (Lipinski definition) is 0. The fourth-order valence-corrected chi connectivity index (χ4v) is 3.91. The molecule has 5 rings (SSSR count). The molecule has 0 spiro atoms. The predicted octanol–water partition coefficient (Wildman–Crippen LogP) is 6.49. The van der Waals surface area contributed by atoms with E-state index in [0.29, 0.717) is 22.6 Å². The summed E-state index contributed by atoms with van der Waals surface area (Å²) in [6.07, 6.45) is 1.61. The summed E-state index contributed by atoms with van der Waals surface area (Å²) in [5.74, 6) is 0.198. The van der Waals surface area contributed by atoms with Gasteiger partial charge in [-0.2, -0.15) is 0 Å². The third kappa shape index (κ3) is 2.94. The van der Waals surface area contributed by atoms with Gasteiger partial charge in [0.1, 0.15) is 5.76 Å². The number of fused-ring (bicyclic) bond motifs is 3. The number of hydrogen-bond acceptors (Lipinski definition) is 4. The van der Waals surface area contributed by atoms with Crippen LogP contribution in [0.15, 0.2) is 89.5 Å². The van der Waals surface area contributed by atoms with Crippen LogP contribution in [0, 0.1) is 0 Å². The van der Waals surface area contributed by atoms with E-state index in [4.69, 9.17) is 14.1 Å². The van der Waals surface area contributed by atoms with E-state index >= 15 is 0 Å². The highest BCUT2D eigenvalue weighted by Gasteiger charge is 2.26. The highest BCUT2D eigenvalue weighted by molar-refractivity contribution is 6.19. The number of aromatic nitrogens is 1. The summed E-state index contributed by atoms with van der Waals surface area (Å²) < 4.78 is 11.3. The van der Waals surface area contributed by atoms with E-state index < -0.39 is 5.97 Å². The molecular weight excluding hydrogens is 374 g/mol. The van der Waals surface area contributed by atoms with Crippen molar-refractivity contribution in [1.29, 1.82) is 0 Å². The lowest BCUT2D eigenvalue weighted by molar-refractivity contribution is 0.0528. The van der Waals surface area contributed by atoms with E-state index in [2.05, 4.69) is 12.1 Å². The van der Waals surface area contributed by atoms with Gasteiger partial charge in [-0.3, -0.25) is 0 Å². The number of furan rings is 1. The SMILES string of the molecule is CCOC(=O)c1c(-c2ccccc2)nc2ccc3ccccc3c2c1-c1ccco1. The van der Waals surface area contributed by atoms with Gasteiger partial charge in [0.25, 0.3) is 0 Å². The average molecular weight is 393 g/mol. The fourth-order valence-electron chi connectivity index (χ4n) is 3.91. The first-order valence-electron chi connectivity index (χ1n) is 9.90. The molecular formula is C26H19NO3. The van der Waals surface area contributed by atoms with Crippen LogP contribution in [0.3, 0.4) is 0 Å². The van der Waals surface area contributed by atoms with Gasteiger partial charge in [0.05, 0.1) is 29.6 Å². The van der Waals surface area contributed by atoms with Gasteiger partial charge >= 0.3 is 5.97 Å². The molecule has 0 bridgehead atoms. The molecule has 0 saturated heterocycles. The van der Waals surface area contributed by atoms with Crippen LogP contribution in [-0.4, -0.2) is 17.6 Å². The second-order valence-corrected chi connectivity index (χ2v) is 6.96. The number of benzene rings is 3. The van der Waals surface area contributed by atoms with Crippen LogP contribution in [0.5, 0.6) is 0 Å². The van der Waals surface area contributed by atoms with Crippen LogP contribution in [0.1, 0.15) is 17.3 Å². The van der Waals surface area contributed by atoms with Crippen molar-refractivity contribution in [2.45, 2.75) is 6.92 Å². The Hall–Kier alpha value is -3.92. The molecule has 3 aromatic carbocycles. The number of nitrogens with zero attached hydrogens (tertiary/aromatic N) is 1. The number of ether oxygens (including phenoxy) is 1. The zero-order valence-electron chi connectivity index (χ0n) is 16.5. The van der Waals surface area contributed by atoms with Crippen LogP contribution in [0.2, 0.25) is 0 Å². The first-order valence-corrected chi connectivity index (χ1v) is 9.90. The molecule has 0 fully saturated rings. The van der Waals surface area contributed by atoms with E-state index in [1.165, 1.54) is 0 Å². The Morgan fingerprint density at radius 2 is 1.73 bits per heavy atom. The molecule has 146 valence electrons. The zero-order chi connectivity index (χ0) is 20.5. The van der Waals surface area contributed by atoms with Crippen molar-refractivity contribution in [3.63, 3.8) is 0 Å². The Kier molecular flexibility index (Phi) is 4.52. The standard InChI is InChI=1S/C26H19NO3/c1-2-29-26(28)24-23(21-13-8-16-30-21)22-19-12-7-6-9-17(19)14-15-20(22)27-25(24)18-10-4-3-5-11-18/h3-16H,2H2,1H3. The Bertz CT molecular complexity index is 1360. The lowest BCUT2D eigenvalue weighted by Crippen LogP contribution is -2.10. The molecule has 2 aromatic heterocycles. The molecule has 0 radical (unpaired) electrons. The van der Waals surface area contributed by atoms with E-state index in [-0.39, 0.29) is 6.61 Å². The van der Waals surface area contributed by atoms with Crippen LogP contribution in [-0.2, 0) is 4.74 Å². The van der Waals surface area contributed by atoms with Crippen molar-refractivity contribution in [2.75, 3.05) is 6.61 Å². The largest absolute Gasteiger partial charge is 0.464 e. The second kappa shape index (κ2) is 7.48. The third-order valence-corrected chi connectivity index (χ3v) is 5.17. The van der Waals surface area contributed by atoms with Crippen molar-refractivity contribution < 1.29 is 13.9 Å². The van der Waals surface area contributed by atoms with Crippen LogP contribution in [0.4, 0.5) is 0 Å². The molecule has 0 aliphatic heterocycles. The molecule has 0 unspecified atom stereocenters. The maximum atomic E-state index is 13.2. The minimum absolute atomic E-state index is 0.276. The molecule has 0 aliphatic carbocycles. The third-order valence-electron chi connectivity index (χ3n) is 5.17. The summed E-state index contributed by atoms with van der Waals surface area (Å²) in [6.45, 7) is 2.08. The fraction of sp³-hybridized carbons (Fsp3) is 0.0769. The summed E-state index contributed by atoms with van der Waals surface area (Å²) in [7, 11) is 0. The van der Waals surface area contributed by atoms with E-state index in [0.717, 1.165) is 27.2 Å². The van der Waals surface area contributed by atoms with Crippen molar-refractivity contribution >= 4 is 27.6 Å².